The number of pyridine rings is 1. The predicted octanol–water partition coefficient (Wildman–Crippen LogP) is 4.63. The average molecular weight is 424 g/mol. The summed E-state index contributed by atoms with van der Waals surface area (Å²) in [5, 5.41) is 2.72. The molecule has 0 bridgehead atoms. The van der Waals surface area contributed by atoms with E-state index in [1.807, 2.05) is 0 Å². The minimum absolute atomic E-state index is 0.155. The molecule has 0 saturated carbocycles. The average Bonchev–Trinajstić information content (AvgIpc) is 2.87. The number of amides is 3. The smallest absolute Gasteiger partial charge is 0.417 e. The molecular formula is C20H26ClN3O5. The Morgan fingerprint density at radius 2 is 1.76 bits per heavy atom. The van der Waals surface area contributed by atoms with Crippen LogP contribution in [0.3, 0.4) is 0 Å². The van der Waals surface area contributed by atoms with Crippen LogP contribution in [-0.2, 0) is 14.3 Å². The van der Waals surface area contributed by atoms with E-state index in [4.69, 9.17) is 21.1 Å². The van der Waals surface area contributed by atoms with E-state index >= 15 is 0 Å². The first-order chi connectivity index (χ1) is 13.2. The molecule has 2 heterocycles. The van der Waals surface area contributed by atoms with Crippen LogP contribution in [0.2, 0.25) is 5.15 Å². The maximum absolute atomic E-state index is 12.6. The Morgan fingerprint density at radius 1 is 1.14 bits per heavy atom. The van der Waals surface area contributed by atoms with Crippen LogP contribution in [0.4, 0.5) is 15.4 Å². The number of carbonyl (C=O) groups excluding carboxylic acids is 3. The molecule has 3 amide bonds. The van der Waals surface area contributed by atoms with Gasteiger partial charge in [-0.2, -0.15) is 0 Å². The molecular weight excluding hydrogens is 398 g/mol. The van der Waals surface area contributed by atoms with Gasteiger partial charge in [0.2, 0.25) is 0 Å². The Balaban J connectivity index is 2.23. The van der Waals surface area contributed by atoms with Crippen molar-refractivity contribution in [2.45, 2.75) is 59.2 Å². The number of hydrogen-bond donors (Lipinski definition) is 1. The Hall–Kier alpha value is -2.61. The normalized spacial score (nSPS) is 16.2. The van der Waals surface area contributed by atoms with Crippen molar-refractivity contribution in [1.29, 1.82) is 0 Å². The lowest BCUT2D eigenvalue weighted by Gasteiger charge is -2.23. The van der Waals surface area contributed by atoms with E-state index in [9.17, 15) is 14.4 Å². The molecule has 1 aliphatic rings. The topological polar surface area (TPSA) is 97.8 Å². The van der Waals surface area contributed by atoms with E-state index in [0.717, 1.165) is 4.90 Å². The zero-order chi connectivity index (χ0) is 22.0. The number of anilines is 1. The number of halogens is 1. The summed E-state index contributed by atoms with van der Waals surface area (Å²) in [5.74, 6) is -0.291. The molecule has 29 heavy (non-hydrogen) atoms. The third-order valence-corrected chi connectivity index (χ3v) is 3.79. The lowest BCUT2D eigenvalue weighted by atomic mass is 10.1. The molecule has 2 rings (SSSR count). The van der Waals surface area contributed by atoms with Crippen molar-refractivity contribution in [2.24, 2.45) is 0 Å². The lowest BCUT2D eigenvalue weighted by Crippen LogP contribution is -2.37. The predicted molar refractivity (Wildman–Crippen MR) is 110 cm³/mol. The maximum Gasteiger partial charge on any atom is 0.417 e. The summed E-state index contributed by atoms with van der Waals surface area (Å²) in [4.78, 5) is 42.1. The van der Waals surface area contributed by atoms with E-state index in [0.29, 0.717) is 17.6 Å². The SMILES string of the molecule is CC(C)(C)OC(=O)Nc1nc(Cl)ccc1C=C1CCN(C(=O)OC(C)(C)C)C1=O. The van der Waals surface area contributed by atoms with Gasteiger partial charge in [0.15, 0.2) is 0 Å². The molecule has 0 aromatic carbocycles. The third-order valence-electron chi connectivity index (χ3n) is 3.58. The van der Waals surface area contributed by atoms with E-state index in [2.05, 4.69) is 10.3 Å². The highest BCUT2D eigenvalue weighted by molar-refractivity contribution is 6.29. The number of nitrogens with zero attached hydrogens (tertiary/aromatic N) is 2. The monoisotopic (exact) mass is 423 g/mol. The highest BCUT2D eigenvalue weighted by Crippen LogP contribution is 2.26. The molecule has 0 spiro atoms. The zero-order valence-corrected chi connectivity index (χ0v) is 18.2. The van der Waals surface area contributed by atoms with Gasteiger partial charge in [-0.1, -0.05) is 11.6 Å². The fourth-order valence-electron chi connectivity index (χ4n) is 2.49. The number of aromatic nitrogens is 1. The van der Waals surface area contributed by atoms with Gasteiger partial charge in [-0.25, -0.2) is 19.5 Å². The molecule has 1 aromatic rings. The highest BCUT2D eigenvalue weighted by Gasteiger charge is 2.34. The third kappa shape index (κ3) is 6.74. The van der Waals surface area contributed by atoms with Crippen LogP contribution in [0, 0.1) is 0 Å². The van der Waals surface area contributed by atoms with Crippen molar-refractivity contribution in [3.05, 3.63) is 28.4 Å². The second kappa shape index (κ2) is 8.41. The van der Waals surface area contributed by atoms with E-state index in [-0.39, 0.29) is 17.5 Å². The molecule has 1 saturated heterocycles. The molecule has 0 aliphatic carbocycles. The number of hydrogen-bond acceptors (Lipinski definition) is 6. The van der Waals surface area contributed by atoms with Gasteiger partial charge in [0, 0.05) is 17.7 Å². The molecule has 158 valence electrons. The van der Waals surface area contributed by atoms with Gasteiger partial charge in [0.05, 0.1) is 0 Å². The summed E-state index contributed by atoms with van der Waals surface area (Å²) in [5.41, 5.74) is -0.521. The molecule has 1 aliphatic heterocycles. The van der Waals surface area contributed by atoms with Crippen molar-refractivity contribution >= 4 is 41.6 Å². The van der Waals surface area contributed by atoms with Gasteiger partial charge in [-0.05, 0) is 66.2 Å². The van der Waals surface area contributed by atoms with Gasteiger partial charge in [0.1, 0.15) is 22.2 Å². The van der Waals surface area contributed by atoms with Crippen LogP contribution in [0.25, 0.3) is 6.08 Å². The molecule has 1 N–H and O–H groups in total. The van der Waals surface area contributed by atoms with E-state index < -0.39 is 29.3 Å². The van der Waals surface area contributed by atoms with Crippen LogP contribution in [0.5, 0.6) is 0 Å². The first-order valence-electron chi connectivity index (χ1n) is 9.17. The fraction of sp³-hybridized carbons (Fsp3) is 0.500. The zero-order valence-electron chi connectivity index (χ0n) is 17.5. The second-order valence-corrected chi connectivity index (χ2v) is 8.94. The number of rotatable bonds is 2. The first kappa shape index (κ1) is 22.7. The summed E-state index contributed by atoms with van der Waals surface area (Å²) in [6.45, 7) is 10.6. The number of carbonyl (C=O) groups is 3. The van der Waals surface area contributed by atoms with E-state index in [1.165, 1.54) is 0 Å². The second-order valence-electron chi connectivity index (χ2n) is 8.56. The maximum atomic E-state index is 12.6. The van der Waals surface area contributed by atoms with Crippen LogP contribution in [0.15, 0.2) is 17.7 Å². The Bertz CT molecular complexity index is 853. The van der Waals surface area contributed by atoms with Crippen molar-refractivity contribution in [1.82, 2.24) is 9.88 Å². The minimum Gasteiger partial charge on any atom is -0.444 e. The molecule has 9 heteroatoms. The molecule has 1 fully saturated rings. The van der Waals surface area contributed by atoms with Crippen LogP contribution in [0.1, 0.15) is 53.5 Å². The van der Waals surface area contributed by atoms with Gasteiger partial charge in [-0.3, -0.25) is 10.1 Å². The van der Waals surface area contributed by atoms with Crippen molar-refractivity contribution in [3.63, 3.8) is 0 Å². The molecule has 1 aromatic heterocycles. The van der Waals surface area contributed by atoms with Crippen LogP contribution < -0.4 is 5.32 Å². The molecule has 0 radical (unpaired) electrons. The number of likely N-dealkylation sites (tertiary alicyclic amines) is 1. The summed E-state index contributed by atoms with van der Waals surface area (Å²) < 4.78 is 10.5. The summed E-state index contributed by atoms with van der Waals surface area (Å²) in [7, 11) is 0. The van der Waals surface area contributed by atoms with Gasteiger partial charge in [-0.15, -0.1) is 0 Å². The van der Waals surface area contributed by atoms with E-state index in [1.54, 1.807) is 59.8 Å². The fourth-order valence-corrected chi connectivity index (χ4v) is 2.64. The molecule has 0 atom stereocenters. The van der Waals surface area contributed by atoms with Gasteiger partial charge >= 0.3 is 12.2 Å². The van der Waals surface area contributed by atoms with Crippen LogP contribution >= 0.6 is 11.6 Å². The Labute approximate surface area is 175 Å². The van der Waals surface area contributed by atoms with Crippen LogP contribution in [-0.4, -0.2) is 45.7 Å². The standard InChI is InChI=1S/C20H26ClN3O5/c1-19(2,3)28-17(26)23-15-12(7-8-14(21)22-15)11-13-9-10-24(16(13)25)18(27)29-20(4,5)6/h7-8,11H,9-10H2,1-6H3,(H,22,23,26). The summed E-state index contributed by atoms with van der Waals surface area (Å²) >= 11 is 5.94. The molecule has 8 nitrogen and oxygen atoms in total. The molecule has 0 unspecified atom stereocenters. The van der Waals surface area contributed by atoms with Crippen molar-refractivity contribution < 1.29 is 23.9 Å². The highest BCUT2D eigenvalue weighted by atomic mass is 35.5. The van der Waals surface area contributed by atoms with Crippen molar-refractivity contribution in [2.75, 3.05) is 11.9 Å². The number of nitrogens with one attached hydrogen (secondary N) is 1. The van der Waals surface area contributed by atoms with Gasteiger partial charge in [0.25, 0.3) is 5.91 Å². The lowest BCUT2D eigenvalue weighted by molar-refractivity contribution is -0.124. The minimum atomic E-state index is -0.700. The Kier molecular flexibility index (Phi) is 6.57. The summed E-state index contributed by atoms with van der Waals surface area (Å²) in [6, 6.07) is 3.16. The number of imide groups is 1. The van der Waals surface area contributed by atoms with Gasteiger partial charge < -0.3 is 9.47 Å². The number of ether oxygens (including phenoxy) is 2. The Morgan fingerprint density at radius 3 is 2.34 bits per heavy atom. The first-order valence-corrected chi connectivity index (χ1v) is 9.55. The largest absolute Gasteiger partial charge is 0.444 e. The quantitative estimate of drug-likeness (QED) is 0.550. The summed E-state index contributed by atoms with van der Waals surface area (Å²) in [6.07, 6.45) is 0.544. The van der Waals surface area contributed by atoms with Crippen molar-refractivity contribution in [3.8, 4) is 0 Å².